The van der Waals surface area contributed by atoms with Gasteiger partial charge in [0.15, 0.2) is 0 Å². The van der Waals surface area contributed by atoms with E-state index in [2.05, 4.69) is 43.3 Å². The highest BCUT2D eigenvalue weighted by atomic mass is 16.4. The number of carbonyl (C=O) groups is 2. The van der Waals surface area contributed by atoms with Crippen LogP contribution in [0.2, 0.25) is 0 Å². The Balaban J connectivity index is 1.64. The zero-order valence-corrected chi connectivity index (χ0v) is 18.7. The molecule has 0 aliphatic carbocycles. The Hall–Kier alpha value is -3.40. The Kier molecular flexibility index (Phi) is 8.61. The van der Waals surface area contributed by atoms with Gasteiger partial charge in [-0.15, -0.1) is 0 Å². The molecule has 0 aliphatic heterocycles. The van der Waals surface area contributed by atoms with E-state index in [1.54, 1.807) is 12.1 Å². The number of benzene rings is 3. The van der Waals surface area contributed by atoms with Gasteiger partial charge in [0.25, 0.3) is 0 Å². The molecule has 0 atom stereocenters. The second-order valence-electron chi connectivity index (χ2n) is 8.09. The minimum Gasteiger partial charge on any atom is -0.478 e. The lowest BCUT2D eigenvalue weighted by atomic mass is 10.0. The van der Waals surface area contributed by atoms with Gasteiger partial charge in [0.05, 0.1) is 5.56 Å². The number of carboxylic acids is 1. The van der Waals surface area contributed by atoms with Crippen molar-refractivity contribution in [1.82, 2.24) is 4.90 Å². The number of hydrogen-bond donors (Lipinski definition) is 1. The third kappa shape index (κ3) is 6.81. The summed E-state index contributed by atoms with van der Waals surface area (Å²) in [4.78, 5) is 25.8. The zero-order chi connectivity index (χ0) is 22.8. The van der Waals surface area contributed by atoms with Gasteiger partial charge in [0.1, 0.15) is 0 Å². The molecule has 1 N–H and O–H groups in total. The number of unbranched alkanes of at least 4 members (excludes halogenated alkanes) is 1. The molecular formula is C28H31NO3. The average molecular weight is 430 g/mol. The largest absolute Gasteiger partial charge is 0.478 e. The highest BCUT2D eigenvalue weighted by molar-refractivity contribution is 5.88. The number of aromatic carboxylic acids is 1. The summed E-state index contributed by atoms with van der Waals surface area (Å²) in [6.45, 7) is 3.46. The molecule has 4 nitrogen and oxygen atoms in total. The maximum atomic E-state index is 12.8. The Labute approximate surface area is 190 Å². The Morgan fingerprint density at radius 3 is 2.00 bits per heavy atom. The van der Waals surface area contributed by atoms with Crippen molar-refractivity contribution < 1.29 is 14.7 Å². The molecule has 0 heterocycles. The first-order valence-corrected chi connectivity index (χ1v) is 11.3. The molecule has 0 bridgehead atoms. The van der Waals surface area contributed by atoms with Crippen molar-refractivity contribution in [3.63, 3.8) is 0 Å². The Bertz CT molecular complexity index is 995. The minimum atomic E-state index is -0.924. The van der Waals surface area contributed by atoms with Crippen molar-refractivity contribution in [2.75, 3.05) is 6.54 Å². The molecule has 0 unspecified atom stereocenters. The molecule has 0 spiro atoms. The van der Waals surface area contributed by atoms with E-state index in [1.165, 1.54) is 5.56 Å². The molecule has 3 rings (SSSR count). The first-order valence-electron chi connectivity index (χ1n) is 11.3. The van der Waals surface area contributed by atoms with E-state index >= 15 is 0 Å². The molecule has 0 fully saturated rings. The van der Waals surface area contributed by atoms with Crippen LogP contribution in [0.3, 0.4) is 0 Å². The third-order valence-corrected chi connectivity index (χ3v) is 5.63. The van der Waals surface area contributed by atoms with Gasteiger partial charge in [-0.1, -0.05) is 80.1 Å². The van der Waals surface area contributed by atoms with E-state index in [4.69, 9.17) is 5.11 Å². The fourth-order valence-corrected chi connectivity index (χ4v) is 3.73. The molecule has 0 aliphatic rings. The van der Waals surface area contributed by atoms with Gasteiger partial charge in [-0.3, -0.25) is 4.79 Å². The second kappa shape index (κ2) is 11.8. The Morgan fingerprint density at radius 2 is 1.41 bits per heavy atom. The van der Waals surface area contributed by atoms with E-state index in [-0.39, 0.29) is 11.5 Å². The van der Waals surface area contributed by atoms with Gasteiger partial charge in [0, 0.05) is 19.5 Å². The fraction of sp³-hybridized carbons (Fsp3) is 0.286. The lowest BCUT2D eigenvalue weighted by Gasteiger charge is -2.23. The number of amides is 1. The van der Waals surface area contributed by atoms with Crippen LogP contribution in [-0.4, -0.2) is 28.4 Å². The van der Waals surface area contributed by atoms with Crippen LogP contribution in [0.15, 0.2) is 78.9 Å². The van der Waals surface area contributed by atoms with Crippen molar-refractivity contribution in [3.05, 3.63) is 95.6 Å². The van der Waals surface area contributed by atoms with Gasteiger partial charge < -0.3 is 10.0 Å². The predicted octanol–water partition coefficient (Wildman–Crippen LogP) is 6.20. The minimum absolute atomic E-state index is 0.216. The standard InChI is InChI=1S/C28H31NO3/c1-2-3-11-27(30)29(20-7-10-22-8-5-4-6-9-22)21-23-12-14-24(15-13-23)25-16-18-26(19-17-25)28(31)32/h4-6,8-9,12-19H,2-3,7,10-11,20-21H2,1H3,(H,31,32). The maximum absolute atomic E-state index is 12.8. The number of carboxylic acid groups (broad SMARTS) is 1. The van der Waals surface area contributed by atoms with E-state index in [9.17, 15) is 9.59 Å². The van der Waals surface area contributed by atoms with E-state index in [1.807, 2.05) is 35.2 Å². The van der Waals surface area contributed by atoms with Crippen LogP contribution in [0.25, 0.3) is 11.1 Å². The molecule has 0 saturated heterocycles. The highest BCUT2D eigenvalue weighted by Crippen LogP contribution is 2.21. The highest BCUT2D eigenvalue weighted by Gasteiger charge is 2.14. The number of nitrogens with zero attached hydrogens (tertiary/aromatic N) is 1. The summed E-state index contributed by atoms with van der Waals surface area (Å²) in [6.07, 6.45) is 4.42. The maximum Gasteiger partial charge on any atom is 0.335 e. The molecule has 166 valence electrons. The topological polar surface area (TPSA) is 57.6 Å². The summed E-state index contributed by atoms with van der Waals surface area (Å²) in [5, 5.41) is 9.06. The van der Waals surface area contributed by atoms with Gasteiger partial charge in [-0.2, -0.15) is 0 Å². The van der Waals surface area contributed by atoms with Crippen molar-refractivity contribution in [2.24, 2.45) is 0 Å². The molecule has 4 heteroatoms. The third-order valence-electron chi connectivity index (χ3n) is 5.63. The number of carbonyl (C=O) groups excluding carboxylic acids is 1. The fourth-order valence-electron chi connectivity index (χ4n) is 3.73. The first kappa shape index (κ1) is 23.3. The van der Waals surface area contributed by atoms with Gasteiger partial charge >= 0.3 is 5.97 Å². The van der Waals surface area contributed by atoms with E-state index in [0.29, 0.717) is 13.0 Å². The van der Waals surface area contributed by atoms with Crippen LogP contribution < -0.4 is 0 Å². The summed E-state index contributed by atoms with van der Waals surface area (Å²) in [7, 11) is 0. The summed E-state index contributed by atoms with van der Waals surface area (Å²) in [5.74, 6) is -0.708. The molecule has 3 aromatic rings. The van der Waals surface area contributed by atoms with E-state index in [0.717, 1.165) is 48.9 Å². The normalized spacial score (nSPS) is 10.7. The van der Waals surface area contributed by atoms with Gasteiger partial charge in [0.2, 0.25) is 5.91 Å². The molecule has 0 radical (unpaired) electrons. The molecule has 0 aromatic heterocycles. The quantitative estimate of drug-likeness (QED) is 0.395. The van der Waals surface area contributed by atoms with Gasteiger partial charge in [-0.05, 0) is 53.6 Å². The Morgan fingerprint density at radius 1 is 0.781 bits per heavy atom. The molecule has 0 saturated carbocycles. The van der Waals surface area contributed by atoms with Crippen molar-refractivity contribution in [2.45, 2.75) is 45.6 Å². The molecule has 32 heavy (non-hydrogen) atoms. The average Bonchev–Trinajstić information content (AvgIpc) is 2.83. The van der Waals surface area contributed by atoms with Crippen LogP contribution in [-0.2, 0) is 17.8 Å². The lowest BCUT2D eigenvalue weighted by molar-refractivity contribution is -0.132. The van der Waals surface area contributed by atoms with Crippen LogP contribution >= 0.6 is 0 Å². The van der Waals surface area contributed by atoms with Crippen LogP contribution in [0.5, 0.6) is 0 Å². The molecule has 1 amide bonds. The smallest absolute Gasteiger partial charge is 0.335 e. The van der Waals surface area contributed by atoms with Crippen LogP contribution in [0, 0.1) is 0 Å². The number of aryl methyl sites for hydroxylation is 1. The van der Waals surface area contributed by atoms with Crippen molar-refractivity contribution >= 4 is 11.9 Å². The first-order chi connectivity index (χ1) is 15.6. The monoisotopic (exact) mass is 429 g/mol. The lowest BCUT2D eigenvalue weighted by Crippen LogP contribution is -2.31. The summed E-state index contributed by atoms with van der Waals surface area (Å²) < 4.78 is 0. The molecular weight excluding hydrogens is 398 g/mol. The van der Waals surface area contributed by atoms with Crippen molar-refractivity contribution in [3.8, 4) is 11.1 Å². The van der Waals surface area contributed by atoms with Crippen molar-refractivity contribution in [1.29, 1.82) is 0 Å². The number of hydrogen-bond acceptors (Lipinski definition) is 2. The van der Waals surface area contributed by atoms with Crippen LogP contribution in [0.4, 0.5) is 0 Å². The molecule has 3 aromatic carbocycles. The summed E-state index contributed by atoms with van der Waals surface area (Å²) in [5.41, 5.74) is 4.67. The summed E-state index contributed by atoms with van der Waals surface area (Å²) in [6, 6.07) is 25.4. The second-order valence-corrected chi connectivity index (χ2v) is 8.09. The van der Waals surface area contributed by atoms with Gasteiger partial charge in [-0.25, -0.2) is 4.79 Å². The number of rotatable bonds is 11. The summed E-state index contributed by atoms with van der Waals surface area (Å²) >= 11 is 0. The predicted molar refractivity (Wildman–Crippen MR) is 129 cm³/mol. The zero-order valence-electron chi connectivity index (χ0n) is 18.7. The van der Waals surface area contributed by atoms with Crippen LogP contribution in [0.1, 0.15) is 54.1 Å². The SMILES string of the molecule is CCCCC(=O)N(CCCc1ccccc1)Cc1ccc(-c2ccc(C(=O)O)cc2)cc1. The van der Waals surface area contributed by atoms with E-state index < -0.39 is 5.97 Å².